The summed E-state index contributed by atoms with van der Waals surface area (Å²) in [5.74, 6) is 0.940. The number of hydrogen-bond acceptors (Lipinski definition) is 2. The van der Waals surface area contributed by atoms with Crippen LogP contribution < -0.4 is 5.32 Å². The first-order valence-electron chi connectivity index (χ1n) is 5.66. The summed E-state index contributed by atoms with van der Waals surface area (Å²) >= 11 is 0. The van der Waals surface area contributed by atoms with E-state index in [9.17, 15) is 0 Å². The van der Waals surface area contributed by atoms with E-state index in [4.69, 9.17) is 4.74 Å². The highest BCUT2D eigenvalue weighted by atomic mass is 16.5. The summed E-state index contributed by atoms with van der Waals surface area (Å²) in [6.07, 6.45) is 4.91. The van der Waals surface area contributed by atoms with Gasteiger partial charge < -0.3 is 10.1 Å². The van der Waals surface area contributed by atoms with Crippen LogP contribution in [0.15, 0.2) is 35.8 Å². The van der Waals surface area contributed by atoms with Gasteiger partial charge >= 0.3 is 0 Å². The average Bonchev–Trinajstić information content (AvgIpc) is 2.55. The summed E-state index contributed by atoms with van der Waals surface area (Å²) in [7, 11) is 0. The van der Waals surface area contributed by atoms with Gasteiger partial charge in [0.2, 0.25) is 0 Å². The van der Waals surface area contributed by atoms with E-state index in [1.54, 1.807) is 0 Å². The Morgan fingerprint density at radius 2 is 2.13 bits per heavy atom. The van der Waals surface area contributed by atoms with E-state index >= 15 is 0 Å². The van der Waals surface area contributed by atoms with Gasteiger partial charge in [-0.2, -0.15) is 0 Å². The maximum Gasteiger partial charge on any atom is 0.144 e. The van der Waals surface area contributed by atoms with Gasteiger partial charge in [-0.1, -0.05) is 32.6 Å². The number of hydrogen-bond donors (Lipinski definition) is 1. The van der Waals surface area contributed by atoms with Crippen LogP contribution >= 0.6 is 0 Å². The Morgan fingerprint density at radius 1 is 1.47 bits per heavy atom. The molecule has 2 heteroatoms. The van der Waals surface area contributed by atoms with E-state index in [0.29, 0.717) is 0 Å². The molecule has 0 radical (unpaired) electrons. The molecule has 0 aliphatic carbocycles. The Balaban J connectivity index is 0.000000921. The van der Waals surface area contributed by atoms with Crippen molar-refractivity contribution in [1.29, 1.82) is 0 Å². The fourth-order valence-electron chi connectivity index (χ4n) is 1.28. The number of allylic oxidation sites excluding steroid dienone is 3. The van der Waals surface area contributed by atoms with Crippen molar-refractivity contribution in [3.05, 3.63) is 35.8 Å². The molecule has 1 saturated heterocycles. The van der Waals surface area contributed by atoms with Crippen LogP contribution in [-0.4, -0.2) is 13.2 Å². The van der Waals surface area contributed by atoms with Gasteiger partial charge in [-0.05, 0) is 25.8 Å². The summed E-state index contributed by atoms with van der Waals surface area (Å²) in [6.45, 7) is 13.5. The highest BCUT2D eigenvalue weighted by Crippen LogP contribution is 2.17. The minimum atomic E-state index is 0.783. The van der Waals surface area contributed by atoms with E-state index in [2.05, 4.69) is 11.9 Å². The third-order valence-electron chi connectivity index (χ3n) is 2.08. The minimum Gasteiger partial charge on any atom is -0.491 e. The van der Waals surface area contributed by atoms with Crippen LogP contribution in [0.3, 0.4) is 0 Å². The van der Waals surface area contributed by atoms with Gasteiger partial charge in [0, 0.05) is 6.54 Å². The fraction of sp³-hybridized carbons (Fsp3) is 0.538. The highest BCUT2D eigenvalue weighted by Gasteiger charge is 2.11. The van der Waals surface area contributed by atoms with Crippen molar-refractivity contribution in [2.75, 3.05) is 13.2 Å². The monoisotopic (exact) mass is 209 g/mol. The van der Waals surface area contributed by atoms with Crippen molar-refractivity contribution in [1.82, 2.24) is 5.32 Å². The van der Waals surface area contributed by atoms with Crippen LogP contribution in [-0.2, 0) is 4.74 Å². The first-order chi connectivity index (χ1) is 7.29. The fourth-order valence-corrected chi connectivity index (χ4v) is 1.28. The molecule has 1 heterocycles. The molecule has 0 atom stereocenters. The lowest BCUT2D eigenvalue weighted by Crippen LogP contribution is -2.13. The van der Waals surface area contributed by atoms with Crippen LogP contribution in [0.1, 0.15) is 34.1 Å². The van der Waals surface area contributed by atoms with Crippen molar-refractivity contribution in [2.24, 2.45) is 0 Å². The standard InChI is InChI=1S/C11H17NO.C2H6/c1-4-9(3)11-10(5-2)12-7-6-8-13-11;1-2/h4-5,12H,1,6-8H2,2-3H3;1-2H3/b10-5+,11-9+;. The van der Waals surface area contributed by atoms with Crippen LogP contribution in [0.25, 0.3) is 0 Å². The molecule has 0 aromatic carbocycles. The second-order valence-corrected chi connectivity index (χ2v) is 3.05. The number of nitrogens with one attached hydrogen (secondary N) is 1. The summed E-state index contributed by atoms with van der Waals surface area (Å²) in [6, 6.07) is 0. The van der Waals surface area contributed by atoms with Crippen LogP contribution in [0, 0.1) is 0 Å². The zero-order valence-electron chi connectivity index (χ0n) is 10.4. The molecule has 2 nitrogen and oxygen atoms in total. The Labute approximate surface area is 93.7 Å². The van der Waals surface area contributed by atoms with E-state index in [1.807, 2.05) is 39.8 Å². The molecule has 0 aromatic heterocycles. The summed E-state index contributed by atoms with van der Waals surface area (Å²) in [5, 5.41) is 3.33. The third kappa shape index (κ3) is 4.24. The number of ether oxygens (including phenoxy) is 1. The van der Waals surface area contributed by atoms with E-state index in [-0.39, 0.29) is 0 Å². The van der Waals surface area contributed by atoms with E-state index in [0.717, 1.165) is 36.6 Å². The van der Waals surface area contributed by atoms with Gasteiger partial charge in [-0.15, -0.1) is 0 Å². The van der Waals surface area contributed by atoms with E-state index in [1.165, 1.54) is 0 Å². The second-order valence-electron chi connectivity index (χ2n) is 3.05. The SMILES string of the molecule is C=C/C(C)=C1/OCCCN/C1=C/C.CC. The number of rotatable bonds is 1. The topological polar surface area (TPSA) is 21.3 Å². The molecule has 0 saturated carbocycles. The van der Waals surface area contributed by atoms with E-state index < -0.39 is 0 Å². The molecule has 15 heavy (non-hydrogen) atoms. The molecule has 0 amide bonds. The largest absolute Gasteiger partial charge is 0.491 e. The zero-order valence-corrected chi connectivity index (χ0v) is 10.4. The molecule has 1 fully saturated rings. The predicted octanol–water partition coefficient (Wildman–Crippen LogP) is 3.39. The van der Waals surface area contributed by atoms with Crippen LogP contribution in [0.4, 0.5) is 0 Å². The van der Waals surface area contributed by atoms with Gasteiger partial charge in [-0.25, -0.2) is 0 Å². The van der Waals surface area contributed by atoms with Crippen LogP contribution in [0.5, 0.6) is 0 Å². The molecule has 0 unspecified atom stereocenters. The lowest BCUT2D eigenvalue weighted by Gasteiger charge is -2.11. The Hall–Kier alpha value is -1.18. The van der Waals surface area contributed by atoms with Crippen molar-refractivity contribution in [3.63, 3.8) is 0 Å². The maximum atomic E-state index is 5.64. The zero-order chi connectivity index (χ0) is 11.7. The molecule has 1 aliphatic heterocycles. The maximum absolute atomic E-state index is 5.64. The summed E-state index contributed by atoms with van der Waals surface area (Å²) < 4.78 is 5.64. The smallest absolute Gasteiger partial charge is 0.144 e. The molecular weight excluding hydrogens is 186 g/mol. The molecule has 0 spiro atoms. The van der Waals surface area contributed by atoms with Crippen molar-refractivity contribution in [2.45, 2.75) is 34.1 Å². The van der Waals surface area contributed by atoms with Gasteiger partial charge in [0.05, 0.1) is 12.3 Å². The molecule has 86 valence electrons. The predicted molar refractivity (Wildman–Crippen MR) is 66.6 cm³/mol. The minimum absolute atomic E-state index is 0.783. The first kappa shape index (κ1) is 13.8. The van der Waals surface area contributed by atoms with Gasteiger partial charge in [-0.3, -0.25) is 0 Å². The highest BCUT2D eigenvalue weighted by molar-refractivity contribution is 5.33. The molecule has 1 N–H and O–H groups in total. The summed E-state index contributed by atoms with van der Waals surface area (Å²) in [4.78, 5) is 0. The Morgan fingerprint density at radius 3 is 2.67 bits per heavy atom. The van der Waals surface area contributed by atoms with Gasteiger partial charge in [0.25, 0.3) is 0 Å². The normalized spacial score (nSPS) is 21.5. The molecular formula is C13H23NO. The first-order valence-corrected chi connectivity index (χ1v) is 5.66. The molecule has 0 bridgehead atoms. The second kappa shape index (κ2) is 8.16. The van der Waals surface area contributed by atoms with Crippen molar-refractivity contribution in [3.8, 4) is 0 Å². The third-order valence-corrected chi connectivity index (χ3v) is 2.08. The Bertz CT molecular complexity index is 251. The molecule has 1 aliphatic rings. The van der Waals surface area contributed by atoms with Crippen molar-refractivity contribution >= 4 is 0 Å². The average molecular weight is 209 g/mol. The lowest BCUT2D eigenvalue weighted by molar-refractivity contribution is 0.224. The lowest BCUT2D eigenvalue weighted by atomic mass is 10.2. The quantitative estimate of drug-likeness (QED) is 0.714. The van der Waals surface area contributed by atoms with Gasteiger partial charge in [0.15, 0.2) is 0 Å². The summed E-state index contributed by atoms with van der Waals surface area (Å²) in [5.41, 5.74) is 2.16. The molecule has 0 aromatic rings. The molecule has 1 rings (SSSR count). The van der Waals surface area contributed by atoms with Crippen LogP contribution in [0.2, 0.25) is 0 Å². The van der Waals surface area contributed by atoms with Crippen molar-refractivity contribution < 1.29 is 4.74 Å². The van der Waals surface area contributed by atoms with Gasteiger partial charge in [0.1, 0.15) is 5.76 Å². The Kier molecular flexibility index (Phi) is 7.51.